The number of carbonyl (C=O) groups excluding carboxylic acids is 1. The smallest absolute Gasteiger partial charge is 0.234 e. The lowest BCUT2D eigenvalue weighted by atomic mass is 10.2. The van der Waals surface area contributed by atoms with Gasteiger partial charge in [0, 0.05) is 6.07 Å². The number of amides is 1. The van der Waals surface area contributed by atoms with Gasteiger partial charge < -0.3 is 30.6 Å². The topological polar surface area (TPSA) is 134 Å². The Morgan fingerprint density at radius 1 is 0.969 bits per heavy atom. The highest BCUT2D eigenvalue weighted by molar-refractivity contribution is 7.99. The van der Waals surface area contributed by atoms with Crippen molar-refractivity contribution in [2.24, 2.45) is 0 Å². The predicted molar refractivity (Wildman–Crippen MR) is 125 cm³/mol. The van der Waals surface area contributed by atoms with E-state index in [0.29, 0.717) is 46.1 Å². The molecule has 0 bridgehead atoms. The fourth-order valence-corrected chi connectivity index (χ4v) is 3.43. The Balaban J connectivity index is 1.60. The van der Waals surface area contributed by atoms with Crippen LogP contribution in [0.1, 0.15) is 5.82 Å². The maximum Gasteiger partial charge on any atom is 0.234 e. The Labute approximate surface area is 189 Å². The van der Waals surface area contributed by atoms with Crippen molar-refractivity contribution in [1.29, 1.82) is 0 Å². The quantitative estimate of drug-likeness (QED) is 0.418. The number of anilines is 4. The maximum atomic E-state index is 12.4. The molecule has 0 aliphatic heterocycles. The van der Waals surface area contributed by atoms with Gasteiger partial charge in [-0.1, -0.05) is 12.1 Å². The van der Waals surface area contributed by atoms with E-state index < -0.39 is 0 Å². The molecule has 2 aromatic carbocycles. The molecule has 0 unspecified atom stereocenters. The molecule has 0 radical (unpaired) electrons. The summed E-state index contributed by atoms with van der Waals surface area (Å²) in [6, 6.07) is 12.6. The van der Waals surface area contributed by atoms with Crippen molar-refractivity contribution in [3.05, 3.63) is 48.3 Å². The molecule has 1 heterocycles. The zero-order valence-electron chi connectivity index (χ0n) is 17.9. The summed E-state index contributed by atoms with van der Waals surface area (Å²) in [5.41, 5.74) is 7.06. The first-order valence-electron chi connectivity index (χ1n) is 9.52. The highest BCUT2D eigenvalue weighted by Gasteiger charge is 2.11. The largest absolute Gasteiger partial charge is 0.497 e. The van der Waals surface area contributed by atoms with Gasteiger partial charge in [0.25, 0.3) is 0 Å². The van der Waals surface area contributed by atoms with Crippen LogP contribution in [0.2, 0.25) is 0 Å². The molecular formula is C21H24N6O4S. The average molecular weight is 457 g/mol. The van der Waals surface area contributed by atoms with E-state index in [4.69, 9.17) is 19.9 Å². The highest BCUT2D eigenvalue weighted by Crippen LogP contribution is 2.29. The number of para-hydroxylation sites is 2. The number of nitrogens with two attached hydrogens (primary N) is 1. The summed E-state index contributed by atoms with van der Waals surface area (Å²) in [5.74, 6) is 2.99. The van der Waals surface area contributed by atoms with E-state index in [1.807, 2.05) is 24.3 Å². The summed E-state index contributed by atoms with van der Waals surface area (Å²) < 4.78 is 15.8. The molecule has 0 aliphatic carbocycles. The van der Waals surface area contributed by atoms with E-state index in [1.165, 1.54) is 18.9 Å². The summed E-state index contributed by atoms with van der Waals surface area (Å²) in [7, 11) is 4.67. The Morgan fingerprint density at radius 3 is 2.47 bits per heavy atom. The highest BCUT2D eigenvalue weighted by atomic mass is 32.2. The van der Waals surface area contributed by atoms with Gasteiger partial charge in [0.05, 0.1) is 44.2 Å². The van der Waals surface area contributed by atoms with Crippen molar-refractivity contribution >= 4 is 40.9 Å². The number of benzene rings is 2. The van der Waals surface area contributed by atoms with E-state index in [2.05, 4.69) is 25.6 Å². The molecule has 0 saturated carbocycles. The third-order valence-corrected chi connectivity index (χ3v) is 5.13. The zero-order valence-corrected chi connectivity index (χ0v) is 18.7. The summed E-state index contributed by atoms with van der Waals surface area (Å²) in [6.45, 7) is 0. The van der Waals surface area contributed by atoms with Crippen molar-refractivity contribution in [3.63, 3.8) is 0 Å². The molecule has 0 fully saturated rings. The summed E-state index contributed by atoms with van der Waals surface area (Å²) in [6.07, 6.45) is 0. The molecule has 0 saturated heterocycles. The number of aromatic nitrogens is 3. The molecule has 1 aromatic heterocycles. The Kier molecular flexibility index (Phi) is 7.92. The lowest BCUT2D eigenvalue weighted by molar-refractivity contribution is -0.113. The first kappa shape index (κ1) is 22.9. The fourth-order valence-electron chi connectivity index (χ4n) is 2.76. The molecule has 3 rings (SSSR count). The Morgan fingerprint density at radius 2 is 1.72 bits per heavy atom. The second-order valence-electron chi connectivity index (χ2n) is 6.37. The number of nitrogens with one attached hydrogen (secondary N) is 2. The zero-order chi connectivity index (χ0) is 22.9. The number of nitrogen functional groups attached to an aromatic ring is 1. The fraction of sp³-hybridized carbons (Fsp3) is 0.238. The van der Waals surface area contributed by atoms with E-state index >= 15 is 0 Å². The molecule has 3 aromatic rings. The van der Waals surface area contributed by atoms with Crippen LogP contribution in [0.15, 0.2) is 42.5 Å². The van der Waals surface area contributed by atoms with Crippen LogP contribution >= 0.6 is 11.8 Å². The number of methoxy groups -OCH3 is 3. The summed E-state index contributed by atoms with van der Waals surface area (Å²) in [4.78, 5) is 25.0. The second-order valence-corrected chi connectivity index (χ2v) is 7.35. The molecule has 4 N–H and O–H groups in total. The van der Waals surface area contributed by atoms with Crippen molar-refractivity contribution in [1.82, 2.24) is 15.0 Å². The molecular weight excluding hydrogens is 432 g/mol. The van der Waals surface area contributed by atoms with Crippen LogP contribution in [0.25, 0.3) is 0 Å². The molecule has 1 amide bonds. The number of hydrogen-bond acceptors (Lipinski definition) is 10. The van der Waals surface area contributed by atoms with Crippen LogP contribution in [-0.4, -0.2) is 47.9 Å². The average Bonchev–Trinajstić information content (AvgIpc) is 2.79. The molecule has 32 heavy (non-hydrogen) atoms. The van der Waals surface area contributed by atoms with Crippen molar-refractivity contribution in [3.8, 4) is 17.2 Å². The Hall–Kier alpha value is -3.73. The number of thioether (sulfide) groups is 1. The van der Waals surface area contributed by atoms with E-state index in [0.717, 1.165) is 0 Å². The normalized spacial score (nSPS) is 10.3. The van der Waals surface area contributed by atoms with Crippen LogP contribution < -0.4 is 30.6 Å². The minimum atomic E-state index is -0.198. The summed E-state index contributed by atoms with van der Waals surface area (Å²) >= 11 is 1.34. The van der Waals surface area contributed by atoms with Crippen molar-refractivity contribution in [2.45, 2.75) is 5.75 Å². The molecule has 0 atom stereocenters. The van der Waals surface area contributed by atoms with E-state index in [1.54, 1.807) is 32.4 Å². The van der Waals surface area contributed by atoms with Crippen LogP contribution in [-0.2, 0) is 10.5 Å². The van der Waals surface area contributed by atoms with Gasteiger partial charge in [-0.2, -0.15) is 15.0 Å². The second kappa shape index (κ2) is 11.0. The molecule has 10 nitrogen and oxygen atoms in total. The summed E-state index contributed by atoms with van der Waals surface area (Å²) in [5, 5.41) is 5.90. The van der Waals surface area contributed by atoms with Crippen LogP contribution in [0, 0.1) is 0 Å². The molecule has 0 spiro atoms. The van der Waals surface area contributed by atoms with Gasteiger partial charge in [-0.15, -0.1) is 11.8 Å². The van der Waals surface area contributed by atoms with Crippen molar-refractivity contribution in [2.75, 3.05) is 43.4 Å². The number of nitrogens with zero attached hydrogens (tertiary/aromatic N) is 3. The Bertz CT molecular complexity index is 1080. The van der Waals surface area contributed by atoms with Gasteiger partial charge in [0.2, 0.25) is 17.8 Å². The first-order valence-corrected chi connectivity index (χ1v) is 10.7. The maximum absolute atomic E-state index is 12.4. The molecule has 168 valence electrons. The lowest BCUT2D eigenvalue weighted by Gasteiger charge is -2.12. The van der Waals surface area contributed by atoms with Crippen LogP contribution in [0.4, 0.5) is 23.3 Å². The van der Waals surface area contributed by atoms with Gasteiger partial charge in [-0.25, -0.2) is 0 Å². The lowest BCUT2D eigenvalue weighted by Crippen LogP contribution is -2.15. The SMILES string of the molecule is COc1ccc(OC)c(NC(=O)CSCc2nc(N)nc(Nc3ccccc3OC)n2)c1. The van der Waals surface area contributed by atoms with Crippen LogP contribution in [0.5, 0.6) is 17.2 Å². The van der Waals surface area contributed by atoms with Gasteiger partial charge in [0.1, 0.15) is 23.1 Å². The predicted octanol–water partition coefficient (Wildman–Crippen LogP) is 3.10. The van der Waals surface area contributed by atoms with Gasteiger partial charge >= 0.3 is 0 Å². The molecule has 0 aliphatic rings. The number of carbonyl (C=O) groups is 1. The third kappa shape index (κ3) is 6.14. The van der Waals surface area contributed by atoms with E-state index in [9.17, 15) is 4.79 Å². The van der Waals surface area contributed by atoms with Gasteiger partial charge in [0.15, 0.2) is 0 Å². The minimum Gasteiger partial charge on any atom is -0.497 e. The van der Waals surface area contributed by atoms with Gasteiger partial charge in [-0.05, 0) is 24.3 Å². The van der Waals surface area contributed by atoms with E-state index in [-0.39, 0.29) is 17.6 Å². The molecule has 11 heteroatoms. The number of ether oxygens (including phenoxy) is 3. The van der Waals surface area contributed by atoms with Crippen molar-refractivity contribution < 1.29 is 19.0 Å². The third-order valence-electron chi connectivity index (χ3n) is 4.20. The monoisotopic (exact) mass is 456 g/mol. The standard InChI is InChI=1S/C21H24N6O4S/c1-29-13-8-9-17(31-3)15(10-13)23-19(28)12-32-11-18-25-20(22)27-21(26-18)24-14-6-4-5-7-16(14)30-2/h4-10H,11-12H2,1-3H3,(H,23,28)(H3,22,24,25,26,27). The minimum absolute atomic E-state index is 0.0820. The van der Waals surface area contributed by atoms with Gasteiger partial charge in [-0.3, -0.25) is 4.79 Å². The van der Waals surface area contributed by atoms with Crippen LogP contribution in [0.3, 0.4) is 0 Å². The first-order chi connectivity index (χ1) is 15.5. The number of hydrogen-bond donors (Lipinski definition) is 3. The number of rotatable bonds is 10.